The van der Waals surface area contributed by atoms with Crippen LogP contribution in [0.1, 0.15) is 51.3 Å². The molecule has 0 bridgehead atoms. The van der Waals surface area contributed by atoms with Gasteiger partial charge in [-0.1, -0.05) is 25.7 Å². The van der Waals surface area contributed by atoms with Crippen LogP contribution >= 0.6 is 23.1 Å². The molecule has 5 nitrogen and oxygen atoms in total. The van der Waals surface area contributed by atoms with Gasteiger partial charge in [0.15, 0.2) is 0 Å². The molecule has 0 unspecified atom stereocenters. The van der Waals surface area contributed by atoms with Crippen LogP contribution in [0.15, 0.2) is 16.2 Å². The minimum Gasteiger partial charge on any atom is -0.352 e. The Bertz CT molecular complexity index is 748. The summed E-state index contributed by atoms with van der Waals surface area (Å²) in [6.07, 6.45) is 7.15. The summed E-state index contributed by atoms with van der Waals surface area (Å²) in [5.41, 5.74) is 0.635. The maximum atomic E-state index is 12.4. The lowest BCUT2D eigenvalue weighted by atomic mass is 10.1. The molecule has 3 rings (SSSR count). The van der Waals surface area contributed by atoms with Crippen molar-refractivity contribution in [2.24, 2.45) is 0 Å². The van der Waals surface area contributed by atoms with Crippen LogP contribution in [0.25, 0.3) is 10.2 Å². The number of fused-ring (bicyclic) bond motifs is 1. The Hall–Kier alpha value is -1.34. The number of carbonyl (C=O) groups is 1. The number of nitrogens with zero attached hydrogens (tertiary/aromatic N) is 1. The van der Waals surface area contributed by atoms with Gasteiger partial charge in [0, 0.05) is 6.04 Å². The minimum atomic E-state index is -0.156. The summed E-state index contributed by atoms with van der Waals surface area (Å²) < 4.78 is 0.655. The lowest BCUT2D eigenvalue weighted by Gasteiger charge is -2.19. The molecule has 2 heterocycles. The molecule has 1 atom stereocenters. The van der Waals surface area contributed by atoms with Gasteiger partial charge in [-0.05, 0) is 31.2 Å². The Morgan fingerprint density at radius 3 is 2.92 bits per heavy atom. The molecule has 0 saturated heterocycles. The van der Waals surface area contributed by atoms with Crippen molar-refractivity contribution in [2.75, 3.05) is 0 Å². The highest BCUT2D eigenvalue weighted by molar-refractivity contribution is 7.99. The standard InChI is InChI=1S/C17H23N3O2S2/c1-11(16(21)18-12-6-4-2-3-5-7-12)24-10-14-19-13-8-9-23-15(13)17(22)20-14/h8-9,11-12H,2-7,10H2,1H3,(H,18,21)(H,19,20,22)/t11-/m1/s1. The van der Waals surface area contributed by atoms with Crippen LogP contribution in [-0.2, 0) is 10.5 Å². The largest absolute Gasteiger partial charge is 0.352 e. The first kappa shape index (κ1) is 17.5. The van der Waals surface area contributed by atoms with Crippen LogP contribution in [0.5, 0.6) is 0 Å². The molecule has 1 fully saturated rings. The van der Waals surface area contributed by atoms with E-state index in [1.54, 1.807) is 0 Å². The highest BCUT2D eigenvalue weighted by Gasteiger charge is 2.19. The molecule has 0 radical (unpaired) electrons. The monoisotopic (exact) mass is 365 g/mol. The summed E-state index contributed by atoms with van der Waals surface area (Å²) in [4.78, 5) is 31.6. The summed E-state index contributed by atoms with van der Waals surface area (Å²) >= 11 is 2.91. The number of thioether (sulfide) groups is 1. The number of hydrogen-bond donors (Lipinski definition) is 2. The van der Waals surface area contributed by atoms with E-state index in [9.17, 15) is 9.59 Å². The second-order valence-electron chi connectivity index (χ2n) is 6.30. The number of carbonyl (C=O) groups excluding carboxylic acids is 1. The number of aromatic amines is 1. The fourth-order valence-corrected chi connectivity index (χ4v) is 4.50. The van der Waals surface area contributed by atoms with E-state index < -0.39 is 0 Å². The molecule has 2 aromatic rings. The molecule has 0 spiro atoms. The maximum absolute atomic E-state index is 12.4. The molecule has 7 heteroatoms. The third-order valence-corrected chi connectivity index (χ3v) is 6.46. The maximum Gasteiger partial charge on any atom is 0.268 e. The average Bonchev–Trinajstić information content (AvgIpc) is 2.90. The van der Waals surface area contributed by atoms with Crippen LogP contribution < -0.4 is 10.9 Å². The number of hydrogen-bond acceptors (Lipinski definition) is 5. The number of H-pyrrole nitrogens is 1. The molecule has 2 N–H and O–H groups in total. The Morgan fingerprint density at radius 2 is 2.17 bits per heavy atom. The molecule has 2 aromatic heterocycles. The van der Waals surface area contributed by atoms with Crippen LogP contribution in [0.4, 0.5) is 0 Å². The first-order valence-electron chi connectivity index (χ1n) is 8.52. The zero-order valence-corrected chi connectivity index (χ0v) is 15.5. The van der Waals surface area contributed by atoms with Crippen molar-refractivity contribution >= 4 is 39.2 Å². The zero-order valence-electron chi connectivity index (χ0n) is 13.8. The third-order valence-electron chi connectivity index (χ3n) is 4.40. The fraction of sp³-hybridized carbons (Fsp3) is 0.588. The van der Waals surface area contributed by atoms with E-state index in [1.807, 2.05) is 18.4 Å². The Balaban J connectivity index is 1.54. The van der Waals surface area contributed by atoms with E-state index in [0.717, 1.165) is 18.4 Å². The Labute approximate surface area is 149 Å². The zero-order chi connectivity index (χ0) is 16.9. The van der Waals surface area contributed by atoms with Crippen LogP contribution in [-0.4, -0.2) is 27.2 Å². The van der Waals surface area contributed by atoms with Gasteiger partial charge in [-0.25, -0.2) is 4.98 Å². The fourth-order valence-electron chi connectivity index (χ4n) is 3.01. The van der Waals surface area contributed by atoms with Crippen molar-refractivity contribution in [3.8, 4) is 0 Å². The normalized spacial score (nSPS) is 17.5. The topological polar surface area (TPSA) is 74.8 Å². The molecule has 1 amide bonds. The number of amides is 1. The molecule has 0 aliphatic heterocycles. The number of aromatic nitrogens is 2. The molecule has 130 valence electrons. The van der Waals surface area contributed by atoms with Crippen molar-refractivity contribution in [1.82, 2.24) is 15.3 Å². The molecular weight excluding hydrogens is 342 g/mol. The predicted molar refractivity (Wildman–Crippen MR) is 101 cm³/mol. The Kier molecular flexibility index (Phi) is 5.94. The summed E-state index contributed by atoms with van der Waals surface area (Å²) in [7, 11) is 0. The molecule has 1 aliphatic rings. The average molecular weight is 366 g/mol. The third kappa shape index (κ3) is 4.39. The molecule has 24 heavy (non-hydrogen) atoms. The van der Waals surface area contributed by atoms with Gasteiger partial charge < -0.3 is 10.3 Å². The van der Waals surface area contributed by atoms with E-state index in [0.29, 0.717) is 22.3 Å². The first-order valence-corrected chi connectivity index (χ1v) is 10.4. The van der Waals surface area contributed by atoms with Gasteiger partial charge in [-0.15, -0.1) is 23.1 Å². The SMILES string of the molecule is C[C@@H](SCc1nc2ccsc2c(=O)[nH]1)C(=O)NC1CCCCCC1. The lowest BCUT2D eigenvalue weighted by molar-refractivity contribution is -0.121. The molecular formula is C17H23N3O2S2. The number of rotatable bonds is 5. The molecule has 0 aromatic carbocycles. The smallest absolute Gasteiger partial charge is 0.268 e. The van der Waals surface area contributed by atoms with Crippen LogP contribution in [0, 0.1) is 0 Å². The van der Waals surface area contributed by atoms with Gasteiger partial charge in [0.1, 0.15) is 10.5 Å². The second-order valence-corrected chi connectivity index (χ2v) is 8.54. The second kappa shape index (κ2) is 8.16. The first-order chi connectivity index (χ1) is 11.6. The highest BCUT2D eigenvalue weighted by Crippen LogP contribution is 2.20. The van der Waals surface area contributed by atoms with Crippen LogP contribution in [0.2, 0.25) is 0 Å². The van der Waals surface area contributed by atoms with E-state index >= 15 is 0 Å². The Morgan fingerprint density at radius 1 is 1.42 bits per heavy atom. The van der Waals surface area contributed by atoms with Gasteiger partial charge >= 0.3 is 0 Å². The van der Waals surface area contributed by atoms with Gasteiger partial charge in [0.25, 0.3) is 5.56 Å². The summed E-state index contributed by atoms with van der Waals surface area (Å²) in [6, 6.07) is 2.18. The highest BCUT2D eigenvalue weighted by atomic mass is 32.2. The quantitative estimate of drug-likeness (QED) is 0.796. The van der Waals surface area contributed by atoms with Gasteiger partial charge in [0.05, 0.1) is 16.5 Å². The van der Waals surface area contributed by atoms with Crippen molar-refractivity contribution in [3.05, 3.63) is 27.6 Å². The summed E-state index contributed by atoms with van der Waals surface area (Å²) in [5, 5.41) is 4.89. The number of thiophene rings is 1. The van der Waals surface area contributed by atoms with E-state index in [2.05, 4.69) is 15.3 Å². The van der Waals surface area contributed by atoms with E-state index in [1.165, 1.54) is 48.8 Å². The van der Waals surface area contributed by atoms with Crippen molar-refractivity contribution in [2.45, 2.75) is 62.5 Å². The molecule has 1 aliphatic carbocycles. The predicted octanol–water partition coefficient (Wildman–Crippen LogP) is 3.45. The van der Waals surface area contributed by atoms with Crippen molar-refractivity contribution in [3.63, 3.8) is 0 Å². The minimum absolute atomic E-state index is 0.0888. The molecule has 1 saturated carbocycles. The number of nitrogens with one attached hydrogen (secondary N) is 2. The van der Waals surface area contributed by atoms with Gasteiger partial charge in [0.2, 0.25) is 5.91 Å². The summed E-state index contributed by atoms with van der Waals surface area (Å²) in [5.74, 6) is 1.25. The lowest BCUT2D eigenvalue weighted by Crippen LogP contribution is -2.39. The van der Waals surface area contributed by atoms with E-state index in [4.69, 9.17) is 0 Å². The summed E-state index contributed by atoms with van der Waals surface area (Å²) in [6.45, 7) is 1.91. The van der Waals surface area contributed by atoms with Crippen molar-refractivity contribution < 1.29 is 4.79 Å². The van der Waals surface area contributed by atoms with Gasteiger partial charge in [-0.2, -0.15) is 0 Å². The van der Waals surface area contributed by atoms with Crippen LogP contribution in [0.3, 0.4) is 0 Å². The van der Waals surface area contributed by atoms with Gasteiger partial charge in [-0.3, -0.25) is 9.59 Å². The van der Waals surface area contributed by atoms with E-state index in [-0.39, 0.29) is 16.7 Å². The van der Waals surface area contributed by atoms with Crippen molar-refractivity contribution in [1.29, 1.82) is 0 Å².